The topological polar surface area (TPSA) is 57.2 Å². The minimum atomic E-state index is -0.205. The van der Waals surface area contributed by atoms with Crippen LogP contribution in [0.4, 0.5) is 5.69 Å². The Morgan fingerprint density at radius 1 is 1.10 bits per heavy atom. The van der Waals surface area contributed by atoms with Crippen LogP contribution < -0.4 is 15.2 Å². The molecule has 1 saturated heterocycles. The first-order valence-corrected chi connectivity index (χ1v) is 11.3. The zero-order chi connectivity index (χ0) is 22.0. The van der Waals surface area contributed by atoms with Crippen LogP contribution in [0, 0.1) is 5.92 Å². The highest BCUT2D eigenvalue weighted by Gasteiger charge is 2.40. The molecule has 1 amide bonds. The van der Waals surface area contributed by atoms with Crippen LogP contribution in [0.5, 0.6) is 5.75 Å². The molecule has 2 unspecified atom stereocenters. The van der Waals surface area contributed by atoms with E-state index < -0.39 is 0 Å². The summed E-state index contributed by atoms with van der Waals surface area (Å²) in [6.45, 7) is 3.74. The fourth-order valence-corrected chi connectivity index (χ4v) is 4.58. The Labute approximate surface area is 192 Å². The van der Waals surface area contributed by atoms with E-state index in [1.165, 1.54) is 6.42 Å². The van der Waals surface area contributed by atoms with Crippen molar-refractivity contribution in [1.29, 1.82) is 0 Å². The number of anilines is 1. The molecule has 1 N–H and O–H groups in total. The molecule has 2 aromatic rings. The summed E-state index contributed by atoms with van der Waals surface area (Å²) in [4.78, 5) is 13.1. The minimum absolute atomic E-state index is 0.159. The lowest BCUT2D eigenvalue weighted by molar-refractivity contribution is -0.120. The molecule has 2 heterocycles. The van der Waals surface area contributed by atoms with Gasteiger partial charge in [0, 0.05) is 19.0 Å². The Hall–Kier alpha value is -2.28. The monoisotopic (exact) mass is 460 g/mol. The van der Waals surface area contributed by atoms with E-state index in [4.69, 9.17) is 33.0 Å². The average Bonchev–Trinajstić information content (AvgIpc) is 3.13. The molecule has 0 aliphatic carbocycles. The summed E-state index contributed by atoms with van der Waals surface area (Å²) >= 11 is 12.8. The van der Waals surface area contributed by atoms with Crippen LogP contribution in [-0.2, 0) is 4.79 Å². The van der Waals surface area contributed by atoms with Gasteiger partial charge in [0.2, 0.25) is 0 Å². The Balaban J connectivity index is 1.69. The second kappa shape index (κ2) is 9.47. The average molecular weight is 461 g/mol. The van der Waals surface area contributed by atoms with Crippen LogP contribution in [-0.4, -0.2) is 36.8 Å². The smallest absolute Gasteiger partial charge is 0.282 e. The highest BCUT2D eigenvalue weighted by molar-refractivity contribution is 6.44. The molecule has 1 fully saturated rings. The number of hydrazone groups is 1. The predicted octanol–water partition coefficient (Wildman–Crippen LogP) is 5.07. The van der Waals surface area contributed by atoms with Gasteiger partial charge in [-0.1, -0.05) is 54.7 Å². The lowest BCUT2D eigenvalue weighted by Crippen LogP contribution is -2.48. The van der Waals surface area contributed by atoms with E-state index >= 15 is 0 Å². The Morgan fingerprint density at radius 3 is 2.48 bits per heavy atom. The van der Waals surface area contributed by atoms with Gasteiger partial charge in [-0.3, -0.25) is 15.2 Å². The van der Waals surface area contributed by atoms with Gasteiger partial charge in [-0.15, -0.1) is 0 Å². The van der Waals surface area contributed by atoms with Gasteiger partial charge in [0.15, 0.2) is 0 Å². The van der Waals surface area contributed by atoms with Crippen LogP contribution in [0.3, 0.4) is 0 Å². The molecular formula is C23H26Cl2N4O2. The van der Waals surface area contributed by atoms with Crippen LogP contribution in [0.25, 0.3) is 0 Å². The largest absolute Gasteiger partial charge is 0.497 e. The maximum Gasteiger partial charge on any atom is 0.282 e. The lowest BCUT2D eigenvalue weighted by Gasteiger charge is -2.28. The van der Waals surface area contributed by atoms with Gasteiger partial charge in [-0.2, -0.15) is 5.10 Å². The van der Waals surface area contributed by atoms with Crippen LogP contribution in [0.15, 0.2) is 47.6 Å². The quantitative estimate of drug-likeness (QED) is 0.676. The highest BCUT2D eigenvalue weighted by Crippen LogP contribution is 2.43. The van der Waals surface area contributed by atoms with Crippen molar-refractivity contribution in [3.63, 3.8) is 0 Å². The standard InChI is InChI=1S/C23H26Cl2N4O2/c1-15-21(23(30)27-28-13-4-3-5-14-28)26-29(19-8-6-7-18(24)20(19)25)22(15)16-9-11-17(31-2)12-10-16/h6-12,15,22H,3-5,13-14H2,1-2H3,(H,27,30). The van der Waals surface area contributed by atoms with Gasteiger partial charge < -0.3 is 4.74 Å². The van der Waals surface area contributed by atoms with Gasteiger partial charge in [-0.25, -0.2) is 5.01 Å². The third kappa shape index (κ3) is 4.52. The van der Waals surface area contributed by atoms with Gasteiger partial charge in [0.25, 0.3) is 5.91 Å². The van der Waals surface area contributed by atoms with E-state index in [0.717, 1.165) is 37.2 Å². The molecule has 0 aromatic heterocycles. The van der Waals surface area contributed by atoms with Crippen molar-refractivity contribution in [2.24, 2.45) is 11.0 Å². The molecule has 0 saturated carbocycles. The van der Waals surface area contributed by atoms with E-state index in [0.29, 0.717) is 21.4 Å². The molecule has 164 valence electrons. The van der Waals surface area contributed by atoms with Crippen molar-refractivity contribution < 1.29 is 9.53 Å². The molecule has 0 bridgehead atoms. The van der Waals surface area contributed by atoms with Crippen molar-refractivity contribution in [2.45, 2.75) is 32.2 Å². The SMILES string of the molecule is COc1ccc(C2C(C)C(C(=O)NN3CCCCC3)=NN2c2cccc(Cl)c2Cl)cc1. The number of halogens is 2. The summed E-state index contributed by atoms with van der Waals surface area (Å²) in [5.74, 6) is 0.438. The zero-order valence-corrected chi connectivity index (χ0v) is 19.2. The van der Waals surface area contributed by atoms with E-state index in [-0.39, 0.29) is 17.9 Å². The van der Waals surface area contributed by atoms with Crippen LogP contribution in [0.2, 0.25) is 10.0 Å². The number of hydrazine groups is 1. The second-order valence-corrected chi connectivity index (χ2v) is 8.68. The molecule has 2 aromatic carbocycles. The normalized spacial score (nSPS) is 21.7. The first-order valence-electron chi connectivity index (χ1n) is 10.5. The van der Waals surface area contributed by atoms with Gasteiger partial charge in [0.05, 0.1) is 28.9 Å². The Morgan fingerprint density at radius 2 is 1.81 bits per heavy atom. The molecule has 2 aliphatic heterocycles. The Bertz CT molecular complexity index is 974. The maximum atomic E-state index is 13.1. The summed E-state index contributed by atoms with van der Waals surface area (Å²) in [7, 11) is 1.64. The van der Waals surface area contributed by atoms with Crippen molar-refractivity contribution in [3.8, 4) is 5.75 Å². The van der Waals surface area contributed by atoms with E-state index in [1.807, 2.05) is 53.3 Å². The number of carbonyl (C=O) groups excluding carboxylic acids is 1. The number of hydrogen-bond donors (Lipinski definition) is 1. The molecule has 31 heavy (non-hydrogen) atoms. The number of rotatable bonds is 5. The molecule has 0 spiro atoms. The Kier molecular flexibility index (Phi) is 6.70. The van der Waals surface area contributed by atoms with Crippen LogP contribution in [0.1, 0.15) is 37.8 Å². The molecule has 2 atom stereocenters. The molecule has 4 rings (SSSR count). The van der Waals surface area contributed by atoms with E-state index in [1.54, 1.807) is 13.2 Å². The highest BCUT2D eigenvalue weighted by atomic mass is 35.5. The fourth-order valence-electron chi connectivity index (χ4n) is 4.19. The maximum absolute atomic E-state index is 13.1. The number of amides is 1. The van der Waals surface area contributed by atoms with Crippen molar-refractivity contribution in [3.05, 3.63) is 58.1 Å². The van der Waals surface area contributed by atoms with Crippen molar-refractivity contribution in [2.75, 3.05) is 25.2 Å². The second-order valence-electron chi connectivity index (χ2n) is 7.90. The number of benzene rings is 2. The zero-order valence-electron chi connectivity index (χ0n) is 17.6. The summed E-state index contributed by atoms with van der Waals surface area (Å²) in [6.07, 6.45) is 3.37. The van der Waals surface area contributed by atoms with E-state index in [2.05, 4.69) is 5.43 Å². The third-order valence-electron chi connectivity index (χ3n) is 5.87. The first-order chi connectivity index (χ1) is 15.0. The fraction of sp³-hybridized carbons (Fsp3) is 0.391. The number of carbonyl (C=O) groups is 1. The van der Waals surface area contributed by atoms with Crippen molar-refractivity contribution in [1.82, 2.24) is 10.4 Å². The number of nitrogens with zero attached hydrogens (tertiary/aromatic N) is 3. The van der Waals surface area contributed by atoms with Gasteiger partial charge >= 0.3 is 0 Å². The number of piperidine rings is 1. The van der Waals surface area contributed by atoms with Crippen molar-refractivity contribution >= 4 is 40.5 Å². The molecule has 6 nitrogen and oxygen atoms in total. The molecule has 0 radical (unpaired) electrons. The van der Waals surface area contributed by atoms with Gasteiger partial charge in [0.1, 0.15) is 11.5 Å². The predicted molar refractivity (Wildman–Crippen MR) is 125 cm³/mol. The summed E-state index contributed by atoms with van der Waals surface area (Å²) in [5, 5.41) is 9.40. The van der Waals surface area contributed by atoms with E-state index in [9.17, 15) is 4.79 Å². The summed E-state index contributed by atoms with van der Waals surface area (Å²) in [6, 6.07) is 13.0. The molecular weight excluding hydrogens is 435 g/mol. The lowest BCUT2D eigenvalue weighted by atomic mass is 9.91. The number of ether oxygens (including phenoxy) is 1. The number of nitrogens with one attached hydrogen (secondary N) is 1. The summed E-state index contributed by atoms with van der Waals surface area (Å²) < 4.78 is 5.30. The van der Waals surface area contributed by atoms with Crippen LogP contribution >= 0.6 is 23.2 Å². The minimum Gasteiger partial charge on any atom is -0.497 e. The number of methoxy groups -OCH3 is 1. The van der Waals surface area contributed by atoms with Gasteiger partial charge in [-0.05, 0) is 42.7 Å². The third-order valence-corrected chi connectivity index (χ3v) is 6.68. The summed E-state index contributed by atoms with van der Waals surface area (Å²) in [5.41, 5.74) is 5.19. The first kappa shape index (κ1) is 21.9. The molecule has 8 heteroatoms. The molecule has 2 aliphatic rings. The number of hydrogen-bond acceptors (Lipinski definition) is 5.